The Bertz CT molecular complexity index is 1280. The number of benzene rings is 3. The van der Waals surface area contributed by atoms with Crippen LogP contribution in [0.25, 0.3) is 22.5 Å². The Labute approximate surface area is 176 Å². The standard InChI is InChI=1S/C23H14ClF2N3O/c24-14-5-3-4-13(10-14)21-17-12-30-20-7-2-1-6-16(20)22(17)29-23(28-21)27-19-9-8-15(25)11-18(19)26/h1-11H,12H2,(H,27,28,29). The molecule has 0 spiro atoms. The molecule has 3 aromatic carbocycles. The lowest BCUT2D eigenvalue weighted by atomic mass is 9.98. The fourth-order valence-corrected chi connectivity index (χ4v) is 3.61. The van der Waals surface area contributed by atoms with Crippen LogP contribution >= 0.6 is 11.6 Å². The molecule has 2 heterocycles. The summed E-state index contributed by atoms with van der Waals surface area (Å²) in [4.78, 5) is 9.23. The monoisotopic (exact) mass is 421 g/mol. The van der Waals surface area contributed by atoms with Gasteiger partial charge in [0.15, 0.2) is 0 Å². The summed E-state index contributed by atoms with van der Waals surface area (Å²) in [6.45, 7) is 0.291. The van der Waals surface area contributed by atoms with Crippen LogP contribution in [0.2, 0.25) is 5.02 Å². The SMILES string of the molecule is Fc1ccc(Nc2nc(-c3cccc(Cl)c3)c3c(n2)-c2ccccc2OC3)c(F)c1. The first-order valence-electron chi connectivity index (χ1n) is 9.19. The molecule has 4 nitrogen and oxygen atoms in total. The van der Waals surface area contributed by atoms with Crippen molar-refractivity contribution in [2.45, 2.75) is 6.61 Å². The van der Waals surface area contributed by atoms with Crippen molar-refractivity contribution in [1.29, 1.82) is 0 Å². The zero-order chi connectivity index (χ0) is 20.7. The number of nitrogens with zero attached hydrogens (tertiary/aromatic N) is 2. The van der Waals surface area contributed by atoms with E-state index in [-0.39, 0.29) is 11.6 Å². The molecule has 0 aliphatic carbocycles. The van der Waals surface area contributed by atoms with Crippen LogP contribution < -0.4 is 10.1 Å². The smallest absolute Gasteiger partial charge is 0.228 e. The largest absolute Gasteiger partial charge is 0.488 e. The molecule has 0 fully saturated rings. The van der Waals surface area contributed by atoms with Gasteiger partial charge in [0.25, 0.3) is 0 Å². The van der Waals surface area contributed by atoms with E-state index >= 15 is 0 Å². The number of aromatic nitrogens is 2. The van der Waals surface area contributed by atoms with Gasteiger partial charge in [-0.1, -0.05) is 35.9 Å². The Morgan fingerprint density at radius 2 is 1.73 bits per heavy atom. The van der Waals surface area contributed by atoms with Crippen LogP contribution in [0.4, 0.5) is 20.4 Å². The fraction of sp³-hybridized carbons (Fsp3) is 0.0435. The van der Waals surface area contributed by atoms with Gasteiger partial charge < -0.3 is 10.1 Å². The number of nitrogens with one attached hydrogen (secondary N) is 1. The molecule has 1 N–H and O–H groups in total. The van der Waals surface area contributed by atoms with Crippen molar-refractivity contribution in [3.8, 4) is 28.3 Å². The fourth-order valence-electron chi connectivity index (χ4n) is 3.42. The van der Waals surface area contributed by atoms with Gasteiger partial charge in [0.05, 0.1) is 17.1 Å². The quantitative estimate of drug-likeness (QED) is 0.417. The van der Waals surface area contributed by atoms with Gasteiger partial charge in [0, 0.05) is 27.8 Å². The van der Waals surface area contributed by atoms with Gasteiger partial charge in [-0.15, -0.1) is 0 Å². The predicted molar refractivity (Wildman–Crippen MR) is 112 cm³/mol. The minimum Gasteiger partial charge on any atom is -0.488 e. The Balaban J connectivity index is 1.70. The topological polar surface area (TPSA) is 47.0 Å². The Hall–Kier alpha value is -3.51. The van der Waals surface area contributed by atoms with Gasteiger partial charge in [-0.3, -0.25) is 0 Å². The van der Waals surface area contributed by atoms with Crippen LogP contribution in [0.3, 0.4) is 0 Å². The molecular formula is C23H14ClF2N3O. The van der Waals surface area contributed by atoms with E-state index in [1.54, 1.807) is 12.1 Å². The third-order valence-electron chi connectivity index (χ3n) is 4.80. The average molecular weight is 422 g/mol. The summed E-state index contributed by atoms with van der Waals surface area (Å²) < 4.78 is 33.4. The van der Waals surface area contributed by atoms with Crippen molar-refractivity contribution in [3.63, 3.8) is 0 Å². The lowest BCUT2D eigenvalue weighted by Gasteiger charge is -2.23. The molecule has 148 valence electrons. The van der Waals surface area contributed by atoms with E-state index in [4.69, 9.17) is 16.3 Å². The summed E-state index contributed by atoms with van der Waals surface area (Å²) in [5.41, 5.74) is 3.79. The first kappa shape index (κ1) is 18.5. The summed E-state index contributed by atoms with van der Waals surface area (Å²) in [6, 6.07) is 18.1. The van der Waals surface area contributed by atoms with E-state index in [0.29, 0.717) is 28.8 Å². The van der Waals surface area contributed by atoms with Gasteiger partial charge in [-0.05, 0) is 36.4 Å². The molecule has 5 rings (SSSR count). The highest BCUT2D eigenvalue weighted by Gasteiger charge is 2.24. The zero-order valence-corrected chi connectivity index (χ0v) is 16.3. The molecule has 1 aromatic heterocycles. The van der Waals surface area contributed by atoms with Gasteiger partial charge in [0.2, 0.25) is 5.95 Å². The van der Waals surface area contributed by atoms with Crippen LogP contribution in [0.15, 0.2) is 66.7 Å². The summed E-state index contributed by atoms with van der Waals surface area (Å²) in [7, 11) is 0. The van der Waals surface area contributed by atoms with Crippen molar-refractivity contribution in [2.24, 2.45) is 0 Å². The molecule has 0 amide bonds. The predicted octanol–water partition coefficient (Wildman–Crippen LogP) is 6.38. The Morgan fingerprint density at radius 1 is 0.900 bits per heavy atom. The van der Waals surface area contributed by atoms with Crippen LogP contribution in [-0.4, -0.2) is 9.97 Å². The van der Waals surface area contributed by atoms with E-state index in [9.17, 15) is 8.78 Å². The van der Waals surface area contributed by atoms with Crippen LogP contribution in [0.5, 0.6) is 5.75 Å². The van der Waals surface area contributed by atoms with E-state index in [1.165, 1.54) is 12.1 Å². The van der Waals surface area contributed by atoms with Crippen LogP contribution in [0, 0.1) is 11.6 Å². The highest BCUT2D eigenvalue weighted by atomic mass is 35.5. The van der Waals surface area contributed by atoms with E-state index < -0.39 is 11.6 Å². The number of ether oxygens (including phenoxy) is 1. The third-order valence-corrected chi connectivity index (χ3v) is 5.03. The maximum atomic E-state index is 14.2. The van der Waals surface area contributed by atoms with Crippen LogP contribution in [-0.2, 0) is 6.61 Å². The molecular weight excluding hydrogens is 408 g/mol. The minimum atomic E-state index is -0.732. The third kappa shape index (κ3) is 3.35. The molecule has 0 atom stereocenters. The number of halogens is 3. The molecule has 0 saturated carbocycles. The van der Waals surface area contributed by atoms with Crippen molar-refractivity contribution >= 4 is 23.2 Å². The second kappa shape index (κ2) is 7.39. The molecule has 1 aliphatic rings. The maximum absolute atomic E-state index is 14.2. The molecule has 7 heteroatoms. The Morgan fingerprint density at radius 3 is 2.57 bits per heavy atom. The maximum Gasteiger partial charge on any atom is 0.228 e. The van der Waals surface area contributed by atoms with Crippen molar-refractivity contribution in [1.82, 2.24) is 9.97 Å². The van der Waals surface area contributed by atoms with Gasteiger partial charge in [-0.2, -0.15) is 0 Å². The van der Waals surface area contributed by atoms with Crippen molar-refractivity contribution < 1.29 is 13.5 Å². The van der Waals surface area contributed by atoms with Gasteiger partial charge in [-0.25, -0.2) is 18.7 Å². The number of fused-ring (bicyclic) bond motifs is 3. The van der Waals surface area contributed by atoms with E-state index in [2.05, 4.69) is 15.3 Å². The van der Waals surface area contributed by atoms with Crippen molar-refractivity contribution in [2.75, 3.05) is 5.32 Å². The molecule has 0 radical (unpaired) electrons. The highest BCUT2D eigenvalue weighted by molar-refractivity contribution is 6.30. The minimum absolute atomic E-state index is 0.0775. The van der Waals surface area contributed by atoms with Crippen molar-refractivity contribution in [3.05, 3.63) is 89.0 Å². The first-order chi connectivity index (χ1) is 14.6. The summed E-state index contributed by atoms with van der Waals surface area (Å²) in [5.74, 6) is -0.495. The van der Waals surface area contributed by atoms with Gasteiger partial charge in [0.1, 0.15) is 24.0 Å². The molecule has 1 aliphatic heterocycles. The van der Waals surface area contributed by atoms with Crippen LogP contribution in [0.1, 0.15) is 5.56 Å². The summed E-state index contributed by atoms with van der Waals surface area (Å²) >= 11 is 6.19. The molecule has 30 heavy (non-hydrogen) atoms. The first-order valence-corrected chi connectivity index (χ1v) is 9.57. The Kier molecular flexibility index (Phi) is 4.56. The molecule has 4 aromatic rings. The van der Waals surface area contributed by atoms with E-state index in [0.717, 1.165) is 22.8 Å². The summed E-state index contributed by atoms with van der Waals surface area (Å²) in [6.07, 6.45) is 0. The molecule has 0 saturated heterocycles. The zero-order valence-electron chi connectivity index (χ0n) is 15.5. The number of hydrogen-bond donors (Lipinski definition) is 1. The second-order valence-electron chi connectivity index (χ2n) is 6.77. The average Bonchev–Trinajstić information content (AvgIpc) is 2.75. The molecule has 0 unspecified atom stereocenters. The molecule has 0 bridgehead atoms. The summed E-state index contributed by atoms with van der Waals surface area (Å²) in [5, 5.41) is 3.43. The normalized spacial score (nSPS) is 12.0. The number of para-hydroxylation sites is 1. The van der Waals surface area contributed by atoms with E-state index in [1.807, 2.05) is 36.4 Å². The highest BCUT2D eigenvalue weighted by Crippen LogP contribution is 2.40. The number of anilines is 2. The number of rotatable bonds is 3. The second-order valence-corrected chi connectivity index (χ2v) is 7.20. The number of hydrogen-bond acceptors (Lipinski definition) is 4. The van der Waals surface area contributed by atoms with Gasteiger partial charge >= 0.3 is 0 Å². The lowest BCUT2D eigenvalue weighted by Crippen LogP contribution is -2.12. The lowest BCUT2D eigenvalue weighted by molar-refractivity contribution is 0.301.